The van der Waals surface area contributed by atoms with Crippen molar-refractivity contribution in [2.45, 2.75) is 48.0 Å². The Kier molecular flexibility index (Phi) is 26.6. The van der Waals surface area contributed by atoms with E-state index in [-0.39, 0.29) is 0 Å². The SMILES string of the molecule is CC.CC.CCC.Nc1ccccc1.Nc1ccccc1. The predicted molar refractivity (Wildman–Crippen MR) is 100 cm³/mol. The number of hydrogen-bond donors (Lipinski definition) is 2. The molecule has 0 aliphatic heterocycles. The first-order chi connectivity index (χ1) is 10.2. The first kappa shape index (κ1) is 24.1. The summed E-state index contributed by atoms with van der Waals surface area (Å²) in [6.07, 6.45) is 1.25. The van der Waals surface area contributed by atoms with Crippen LogP contribution in [-0.2, 0) is 0 Å². The molecule has 0 aliphatic carbocycles. The fraction of sp³-hybridized carbons (Fsp3) is 0.368. The van der Waals surface area contributed by atoms with E-state index in [1.165, 1.54) is 6.42 Å². The highest BCUT2D eigenvalue weighted by atomic mass is 14.5. The highest BCUT2D eigenvalue weighted by molar-refractivity contribution is 5.36. The molecule has 2 aromatic carbocycles. The van der Waals surface area contributed by atoms with Crippen molar-refractivity contribution in [3.63, 3.8) is 0 Å². The summed E-state index contributed by atoms with van der Waals surface area (Å²) in [4.78, 5) is 0. The van der Waals surface area contributed by atoms with E-state index < -0.39 is 0 Å². The molecule has 0 amide bonds. The van der Waals surface area contributed by atoms with Crippen molar-refractivity contribution in [2.24, 2.45) is 0 Å². The first-order valence-corrected chi connectivity index (χ1v) is 7.81. The topological polar surface area (TPSA) is 52.0 Å². The number of nitrogens with two attached hydrogens (primary N) is 2. The van der Waals surface area contributed by atoms with Gasteiger partial charge >= 0.3 is 0 Å². The Labute approximate surface area is 132 Å². The third-order valence-electron chi connectivity index (χ3n) is 1.60. The van der Waals surface area contributed by atoms with Gasteiger partial charge in [-0.2, -0.15) is 0 Å². The van der Waals surface area contributed by atoms with Gasteiger partial charge in [0.1, 0.15) is 0 Å². The van der Waals surface area contributed by atoms with Crippen LogP contribution in [0.5, 0.6) is 0 Å². The zero-order chi connectivity index (χ0) is 16.9. The summed E-state index contributed by atoms with van der Waals surface area (Å²) in [6, 6.07) is 19.0. The molecular formula is C19H34N2. The van der Waals surface area contributed by atoms with E-state index in [1.807, 2.05) is 88.4 Å². The van der Waals surface area contributed by atoms with Gasteiger partial charge in [-0.05, 0) is 24.3 Å². The Morgan fingerprint density at radius 3 is 0.857 bits per heavy atom. The number of hydrogen-bond acceptors (Lipinski definition) is 2. The molecule has 2 nitrogen and oxygen atoms in total. The Balaban J connectivity index is -0.000000219. The lowest BCUT2D eigenvalue weighted by Gasteiger charge is -1.83. The second-order valence-electron chi connectivity index (χ2n) is 3.53. The molecule has 2 heteroatoms. The van der Waals surface area contributed by atoms with E-state index >= 15 is 0 Å². The van der Waals surface area contributed by atoms with Crippen LogP contribution in [-0.4, -0.2) is 0 Å². The zero-order valence-corrected chi connectivity index (χ0v) is 14.6. The molecule has 0 unspecified atom stereocenters. The summed E-state index contributed by atoms with van der Waals surface area (Å²) in [5.41, 5.74) is 12.4. The molecule has 2 rings (SSSR count). The first-order valence-electron chi connectivity index (χ1n) is 7.81. The molecule has 120 valence electrons. The van der Waals surface area contributed by atoms with Crippen LogP contribution in [0.15, 0.2) is 60.7 Å². The van der Waals surface area contributed by atoms with Crippen LogP contribution in [0, 0.1) is 0 Å². The van der Waals surface area contributed by atoms with E-state index in [1.54, 1.807) is 0 Å². The van der Waals surface area contributed by atoms with Crippen LogP contribution >= 0.6 is 0 Å². The molecule has 21 heavy (non-hydrogen) atoms. The van der Waals surface area contributed by atoms with Crippen LogP contribution in [0.4, 0.5) is 11.4 Å². The fourth-order valence-corrected chi connectivity index (χ4v) is 0.906. The minimum atomic E-state index is 0.822. The van der Waals surface area contributed by atoms with Crippen molar-refractivity contribution < 1.29 is 0 Å². The van der Waals surface area contributed by atoms with Crippen molar-refractivity contribution in [1.82, 2.24) is 0 Å². The van der Waals surface area contributed by atoms with Gasteiger partial charge in [0.2, 0.25) is 0 Å². The average Bonchev–Trinajstić information content (AvgIpc) is 2.54. The maximum Gasteiger partial charge on any atom is 0.0313 e. The number of nitrogen functional groups attached to an aromatic ring is 2. The van der Waals surface area contributed by atoms with Gasteiger partial charge in [0.15, 0.2) is 0 Å². The van der Waals surface area contributed by atoms with Crippen molar-refractivity contribution in [2.75, 3.05) is 11.5 Å². The smallest absolute Gasteiger partial charge is 0.0313 e. The standard InChI is InChI=1S/2C6H7N.C3H8.2C2H6/c2*7-6-4-2-1-3-5-6;1-3-2;2*1-2/h2*1-5H,7H2;3H2,1-2H3;2*1-2H3. The molecule has 0 fully saturated rings. The summed E-state index contributed by atoms with van der Waals surface area (Å²) in [5.74, 6) is 0. The van der Waals surface area contributed by atoms with Gasteiger partial charge in [-0.25, -0.2) is 0 Å². The lowest BCUT2D eigenvalue weighted by atomic mass is 10.3. The molecule has 0 atom stereocenters. The molecule has 0 spiro atoms. The molecular weight excluding hydrogens is 256 g/mol. The maximum atomic E-state index is 5.36. The van der Waals surface area contributed by atoms with E-state index in [9.17, 15) is 0 Å². The third kappa shape index (κ3) is 23.5. The Hall–Kier alpha value is -1.96. The van der Waals surface area contributed by atoms with Gasteiger partial charge in [0.25, 0.3) is 0 Å². The minimum Gasteiger partial charge on any atom is -0.399 e. The van der Waals surface area contributed by atoms with Gasteiger partial charge in [-0.1, -0.05) is 84.4 Å². The van der Waals surface area contributed by atoms with Crippen molar-refractivity contribution in [1.29, 1.82) is 0 Å². The highest BCUT2D eigenvalue weighted by Crippen LogP contribution is 1.96. The number of rotatable bonds is 0. The molecule has 4 N–H and O–H groups in total. The van der Waals surface area contributed by atoms with Gasteiger partial charge < -0.3 is 11.5 Å². The quantitative estimate of drug-likeness (QED) is 0.584. The largest absolute Gasteiger partial charge is 0.399 e. The predicted octanol–water partition coefficient (Wildman–Crippen LogP) is 6.01. The molecule has 0 bridgehead atoms. The lowest BCUT2D eigenvalue weighted by Crippen LogP contribution is -1.79. The van der Waals surface area contributed by atoms with Crippen molar-refractivity contribution in [3.05, 3.63) is 60.7 Å². The fourth-order valence-electron chi connectivity index (χ4n) is 0.906. The summed E-state index contributed by atoms with van der Waals surface area (Å²) >= 11 is 0. The van der Waals surface area contributed by atoms with Crippen LogP contribution in [0.1, 0.15) is 48.0 Å². The van der Waals surface area contributed by atoms with Gasteiger partial charge in [0, 0.05) is 11.4 Å². The number of para-hydroxylation sites is 2. The third-order valence-corrected chi connectivity index (χ3v) is 1.60. The number of anilines is 2. The number of benzene rings is 2. The summed E-state index contributed by atoms with van der Waals surface area (Å²) in [7, 11) is 0. The average molecular weight is 290 g/mol. The van der Waals surface area contributed by atoms with E-state index in [2.05, 4.69) is 13.8 Å². The second kappa shape index (κ2) is 23.2. The van der Waals surface area contributed by atoms with Gasteiger partial charge in [-0.3, -0.25) is 0 Å². The molecule has 0 aliphatic rings. The molecule has 0 heterocycles. The Morgan fingerprint density at radius 2 is 0.762 bits per heavy atom. The van der Waals surface area contributed by atoms with Crippen LogP contribution in [0.2, 0.25) is 0 Å². The summed E-state index contributed by atoms with van der Waals surface area (Å²) in [6.45, 7) is 12.2. The lowest BCUT2D eigenvalue weighted by molar-refractivity contribution is 1.09. The monoisotopic (exact) mass is 290 g/mol. The summed E-state index contributed by atoms with van der Waals surface area (Å²) in [5, 5.41) is 0. The molecule has 0 saturated carbocycles. The molecule has 0 radical (unpaired) electrons. The minimum absolute atomic E-state index is 0.822. The van der Waals surface area contributed by atoms with E-state index in [0.717, 1.165) is 11.4 Å². The molecule has 0 aromatic heterocycles. The zero-order valence-electron chi connectivity index (χ0n) is 14.6. The highest BCUT2D eigenvalue weighted by Gasteiger charge is 1.72. The Morgan fingerprint density at radius 1 is 0.571 bits per heavy atom. The van der Waals surface area contributed by atoms with Gasteiger partial charge in [-0.15, -0.1) is 0 Å². The van der Waals surface area contributed by atoms with Crippen molar-refractivity contribution in [3.8, 4) is 0 Å². The van der Waals surface area contributed by atoms with Gasteiger partial charge in [0.05, 0.1) is 0 Å². The van der Waals surface area contributed by atoms with Crippen LogP contribution in [0.3, 0.4) is 0 Å². The second-order valence-corrected chi connectivity index (χ2v) is 3.53. The molecule has 0 saturated heterocycles. The normalized spacial score (nSPS) is 7.14. The van der Waals surface area contributed by atoms with Crippen LogP contribution < -0.4 is 11.5 Å². The van der Waals surface area contributed by atoms with E-state index in [0.29, 0.717) is 0 Å². The van der Waals surface area contributed by atoms with Crippen LogP contribution in [0.25, 0.3) is 0 Å². The maximum absolute atomic E-state index is 5.36. The van der Waals surface area contributed by atoms with E-state index in [4.69, 9.17) is 11.5 Å². The molecule has 2 aromatic rings. The van der Waals surface area contributed by atoms with Crippen molar-refractivity contribution >= 4 is 11.4 Å². The Bertz CT molecular complexity index is 320. The summed E-state index contributed by atoms with van der Waals surface area (Å²) < 4.78 is 0.